The Morgan fingerprint density at radius 1 is 1.25 bits per heavy atom. The van der Waals surface area contributed by atoms with Crippen LogP contribution in [-0.4, -0.2) is 36.9 Å². The van der Waals surface area contributed by atoms with Gasteiger partial charge in [-0.1, -0.05) is 30.4 Å². The molecule has 0 radical (unpaired) electrons. The number of hydrogen-bond acceptors (Lipinski definition) is 7. The SMILES string of the molecule is CCCS(=O)(=O)c1ccccc1C(=O)Nc1nnc(COCC)s1. The summed E-state index contributed by atoms with van der Waals surface area (Å²) >= 11 is 1.19. The van der Waals surface area contributed by atoms with Crippen molar-refractivity contribution in [2.45, 2.75) is 31.8 Å². The third kappa shape index (κ3) is 4.59. The normalized spacial score (nSPS) is 11.4. The molecule has 9 heteroatoms. The predicted octanol–water partition coefficient (Wildman–Crippen LogP) is 2.51. The zero-order valence-electron chi connectivity index (χ0n) is 13.5. The number of ether oxygens (including phenoxy) is 1. The zero-order valence-corrected chi connectivity index (χ0v) is 15.1. The first-order valence-corrected chi connectivity index (χ1v) is 9.98. The van der Waals surface area contributed by atoms with Gasteiger partial charge in [-0.2, -0.15) is 0 Å². The van der Waals surface area contributed by atoms with Gasteiger partial charge in [0, 0.05) is 6.61 Å². The van der Waals surface area contributed by atoms with E-state index in [4.69, 9.17) is 4.74 Å². The highest BCUT2D eigenvalue weighted by atomic mass is 32.2. The minimum Gasteiger partial charge on any atom is -0.374 e. The molecule has 7 nitrogen and oxygen atoms in total. The Balaban J connectivity index is 2.20. The highest BCUT2D eigenvalue weighted by Gasteiger charge is 2.22. The Morgan fingerprint density at radius 3 is 2.71 bits per heavy atom. The second kappa shape index (κ2) is 8.32. The van der Waals surface area contributed by atoms with Crippen molar-refractivity contribution >= 4 is 32.2 Å². The highest BCUT2D eigenvalue weighted by molar-refractivity contribution is 7.91. The van der Waals surface area contributed by atoms with Gasteiger partial charge in [-0.25, -0.2) is 8.42 Å². The molecule has 0 unspecified atom stereocenters. The fraction of sp³-hybridized carbons (Fsp3) is 0.400. The average Bonchev–Trinajstić information content (AvgIpc) is 3.00. The Morgan fingerprint density at radius 2 is 2.00 bits per heavy atom. The van der Waals surface area contributed by atoms with Crippen LogP contribution in [0.5, 0.6) is 0 Å². The first-order chi connectivity index (χ1) is 11.5. The van der Waals surface area contributed by atoms with Crippen LogP contribution in [0.1, 0.15) is 35.6 Å². The molecule has 0 bridgehead atoms. The average molecular weight is 369 g/mol. The van der Waals surface area contributed by atoms with Crippen LogP contribution in [0.25, 0.3) is 0 Å². The maximum Gasteiger partial charge on any atom is 0.258 e. The monoisotopic (exact) mass is 369 g/mol. The third-order valence-electron chi connectivity index (χ3n) is 3.06. The fourth-order valence-electron chi connectivity index (χ4n) is 2.02. The summed E-state index contributed by atoms with van der Waals surface area (Å²) in [6.45, 7) is 4.54. The van der Waals surface area contributed by atoms with Crippen molar-refractivity contribution < 1.29 is 17.9 Å². The van der Waals surface area contributed by atoms with E-state index in [1.807, 2.05) is 6.92 Å². The van der Waals surface area contributed by atoms with E-state index in [2.05, 4.69) is 15.5 Å². The van der Waals surface area contributed by atoms with Crippen LogP contribution in [0.15, 0.2) is 29.2 Å². The molecule has 1 N–H and O–H groups in total. The minimum atomic E-state index is -3.50. The first kappa shape index (κ1) is 18.5. The summed E-state index contributed by atoms with van der Waals surface area (Å²) in [7, 11) is -3.50. The van der Waals surface area contributed by atoms with Gasteiger partial charge in [0.1, 0.15) is 11.6 Å². The van der Waals surface area contributed by atoms with Gasteiger partial charge in [0.25, 0.3) is 5.91 Å². The Labute approximate surface area is 145 Å². The standard InChI is InChI=1S/C15H19N3O4S2/c1-3-9-24(20,21)12-8-6-5-7-11(12)14(19)16-15-18-17-13(23-15)10-22-4-2/h5-8H,3-4,9-10H2,1-2H3,(H,16,18,19). The van der Waals surface area contributed by atoms with E-state index in [9.17, 15) is 13.2 Å². The maximum absolute atomic E-state index is 12.4. The van der Waals surface area contributed by atoms with Crippen LogP contribution >= 0.6 is 11.3 Å². The van der Waals surface area contributed by atoms with Gasteiger partial charge in [-0.15, -0.1) is 10.2 Å². The molecule has 0 saturated carbocycles. The lowest BCUT2D eigenvalue weighted by molar-refractivity contribution is 0.102. The van der Waals surface area contributed by atoms with Crippen LogP contribution in [0, 0.1) is 0 Å². The van der Waals surface area contributed by atoms with E-state index >= 15 is 0 Å². The summed E-state index contributed by atoms with van der Waals surface area (Å²) in [5.41, 5.74) is 0.104. The number of benzene rings is 1. The van der Waals surface area contributed by atoms with Crippen molar-refractivity contribution in [2.24, 2.45) is 0 Å². The van der Waals surface area contributed by atoms with Gasteiger partial charge in [0.05, 0.1) is 16.2 Å². The minimum absolute atomic E-state index is 0.00535. The van der Waals surface area contributed by atoms with E-state index in [1.165, 1.54) is 23.5 Å². The molecule has 0 aliphatic rings. The quantitative estimate of drug-likeness (QED) is 0.768. The van der Waals surface area contributed by atoms with Crippen LogP contribution < -0.4 is 5.32 Å². The molecule has 0 atom stereocenters. The van der Waals surface area contributed by atoms with Crippen LogP contribution in [0.3, 0.4) is 0 Å². The molecule has 0 aliphatic heterocycles. The first-order valence-electron chi connectivity index (χ1n) is 7.51. The number of sulfone groups is 1. The molecule has 0 aliphatic carbocycles. The molecule has 24 heavy (non-hydrogen) atoms. The molecule has 0 saturated heterocycles. The number of rotatable bonds is 8. The topological polar surface area (TPSA) is 98.2 Å². The van der Waals surface area contributed by atoms with Crippen molar-refractivity contribution in [3.63, 3.8) is 0 Å². The zero-order chi connectivity index (χ0) is 17.6. The van der Waals surface area contributed by atoms with Crippen LogP contribution in [-0.2, 0) is 21.2 Å². The Hall–Kier alpha value is -1.84. The molecular formula is C15H19N3O4S2. The molecule has 0 spiro atoms. The summed E-state index contributed by atoms with van der Waals surface area (Å²) < 4.78 is 29.8. The van der Waals surface area contributed by atoms with Gasteiger partial charge < -0.3 is 4.74 Å². The number of anilines is 1. The van der Waals surface area contributed by atoms with E-state index in [0.29, 0.717) is 29.8 Å². The van der Waals surface area contributed by atoms with Crippen molar-refractivity contribution in [1.29, 1.82) is 0 Å². The molecule has 2 aromatic rings. The summed E-state index contributed by atoms with van der Waals surface area (Å²) in [6, 6.07) is 6.16. The van der Waals surface area contributed by atoms with Gasteiger partial charge >= 0.3 is 0 Å². The molecule has 1 heterocycles. The highest BCUT2D eigenvalue weighted by Crippen LogP contribution is 2.21. The van der Waals surface area contributed by atoms with Crippen molar-refractivity contribution in [3.8, 4) is 0 Å². The summed E-state index contributed by atoms with van der Waals surface area (Å²) in [5.74, 6) is -0.529. The summed E-state index contributed by atoms with van der Waals surface area (Å²) in [6.07, 6.45) is 0.482. The third-order valence-corrected chi connectivity index (χ3v) is 5.84. The van der Waals surface area contributed by atoms with Crippen molar-refractivity contribution in [3.05, 3.63) is 34.8 Å². The van der Waals surface area contributed by atoms with E-state index < -0.39 is 15.7 Å². The molecular weight excluding hydrogens is 350 g/mol. The van der Waals surface area contributed by atoms with E-state index in [1.54, 1.807) is 19.1 Å². The molecule has 130 valence electrons. The summed E-state index contributed by atoms with van der Waals surface area (Å²) in [5, 5.41) is 11.3. The van der Waals surface area contributed by atoms with Crippen LogP contribution in [0.2, 0.25) is 0 Å². The van der Waals surface area contributed by atoms with Crippen LogP contribution in [0.4, 0.5) is 5.13 Å². The molecule has 2 rings (SSSR count). The second-order valence-corrected chi connectivity index (χ2v) is 8.05. The predicted molar refractivity (Wildman–Crippen MR) is 92.0 cm³/mol. The number of amides is 1. The number of carbonyl (C=O) groups is 1. The number of carbonyl (C=O) groups excluding carboxylic acids is 1. The fourth-order valence-corrected chi connectivity index (χ4v) is 4.23. The lowest BCUT2D eigenvalue weighted by Gasteiger charge is -2.09. The lowest BCUT2D eigenvalue weighted by atomic mass is 10.2. The van der Waals surface area contributed by atoms with Crippen molar-refractivity contribution in [1.82, 2.24) is 10.2 Å². The molecule has 1 aromatic heterocycles. The van der Waals surface area contributed by atoms with Crippen molar-refractivity contribution in [2.75, 3.05) is 17.7 Å². The van der Waals surface area contributed by atoms with Gasteiger partial charge in [0.2, 0.25) is 5.13 Å². The molecule has 0 fully saturated rings. The second-order valence-electron chi connectivity index (χ2n) is 4.91. The van der Waals surface area contributed by atoms with Gasteiger partial charge in [-0.05, 0) is 25.5 Å². The number of hydrogen-bond donors (Lipinski definition) is 1. The number of nitrogens with zero attached hydrogens (tertiary/aromatic N) is 2. The largest absolute Gasteiger partial charge is 0.374 e. The number of aromatic nitrogens is 2. The Kier molecular flexibility index (Phi) is 6.41. The lowest BCUT2D eigenvalue weighted by Crippen LogP contribution is -2.17. The summed E-state index contributed by atoms with van der Waals surface area (Å²) in [4.78, 5) is 12.5. The molecule has 1 amide bonds. The van der Waals surface area contributed by atoms with E-state index in [0.717, 1.165) is 0 Å². The van der Waals surface area contributed by atoms with Gasteiger partial charge in [0.15, 0.2) is 9.84 Å². The van der Waals surface area contributed by atoms with E-state index in [-0.39, 0.29) is 16.2 Å². The number of nitrogens with one attached hydrogen (secondary N) is 1. The molecule has 1 aromatic carbocycles. The smallest absolute Gasteiger partial charge is 0.258 e. The van der Waals surface area contributed by atoms with Gasteiger partial charge in [-0.3, -0.25) is 10.1 Å². The maximum atomic E-state index is 12.4. The Bertz CT molecular complexity index is 803.